The number of hydrogen-bond donors (Lipinski definition) is 0. The third-order valence-electron chi connectivity index (χ3n) is 6.58. The zero-order valence-corrected chi connectivity index (χ0v) is 17.6. The normalized spacial score (nSPS) is 25.2. The Kier molecular flexibility index (Phi) is 5.07. The predicted octanol–water partition coefficient (Wildman–Crippen LogP) is 1.79. The largest absolute Gasteiger partial charge is 0.369 e. The highest BCUT2D eigenvalue weighted by Crippen LogP contribution is 2.30. The van der Waals surface area contributed by atoms with E-state index in [4.69, 9.17) is 0 Å². The van der Waals surface area contributed by atoms with Crippen LogP contribution in [0.1, 0.15) is 19.3 Å². The van der Waals surface area contributed by atoms with E-state index in [1.165, 1.54) is 18.5 Å². The number of aromatic nitrogens is 2. The maximum Gasteiger partial charge on any atom is 0.150 e. The van der Waals surface area contributed by atoms with E-state index in [-0.39, 0.29) is 0 Å². The second kappa shape index (κ2) is 7.72. The molecule has 0 radical (unpaired) electrons. The van der Waals surface area contributed by atoms with Gasteiger partial charge >= 0.3 is 0 Å². The lowest BCUT2D eigenvalue weighted by molar-refractivity contribution is 0.227. The first-order valence-electron chi connectivity index (χ1n) is 10.7. The molecule has 0 amide bonds. The van der Waals surface area contributed by atoms with Gasteiger partial charge < -0.3 is 9.80 Å². The van der Waals surface area contributed by atoms with Crippen molar-refractivity contribution in [2.75, 3.05) is 67.1 Å². The lowest BCUT2D eigenvalue weighted by atomic mass is 10.1. The Hall–Kier alpha value is -1.93. The lowest BCUT2D eigenvalue weighted by Gasteiger charge is -2.37. The SMILES string of the molecule is O=S1(=O)CCC(CN2CCN(c3ccc4ncnc(N5CCCC5)c4c3)CC2)C1. The molecule has 5 rings (SSSR count). The number of piperazine rings is 1. The molecule has 4 heterocycles. The minimum Gasteiger partial charge on any atom is -0.369 e. The molecule has 29 heavy (non-hydrogen) atoms. The van der Waals surface area contributed by atoms with Crippen molar-refractivity contribution in [3.63, 3.8) is 0 Å². The van der Waals surface area contributed by atoms with Gasteiger partial charge in [-0.2, -0.15) is 0 Å². The van der Waals surface area contributed by atoms with Crippen molar-refractivity contribution in [2.24, 2.45) is 5.92 Å². The van der Waals surface area contributed by atoms with E-state index < -0.39 is 9.84 Å². The van der Waals surface area contributed by atoms with Crippen molar-refractivity contribution in [1.82, 2.24) is 14.9 Å². The van der Waals surface area contributed by atoms with Gasteiger partial charge in [0.05, 0.1) is 17.0 Å². The molecule has 2 aromatic rings. The van der Waals surface area contributed by atoms with Crippen molar-refractivity contribution >= 4 is 32.2 Å². The molecule has 0 aliphatic carbocycles. The van der Waals surface area contributed by atoms with Crippen molar-refractivity contribution in [2.45, 2.75) is 19.3 Å². The van der Waals surface area contributed by atoms with Gasteiger partial charge in [-0.25, -0.2) is 18.4 Å². The van der Waals surface area contributed by atoms with Crippen LogP contribution < -0.4 is 9.80 Å². The molecule has 7 nitrogen and oxygen atoms in total. The molecule has 8 heteroatoms. The fourth-order valence-corrected chi connectivity index (χ4v) is 6.83. The molecule has 3 aliphatic heterocycles. The molecule has 1 atom stereocenters. The lowest BCUT2D eigenvalue weighted by Crippen LogP contribution is -2.48. The zero-order valence-electron chi connectivity index (χ0n) is 16.8. The first-order valence-corrected chi connectivity index (χ1v) is 12.6. The third kappa shape index (κ3) is 4.05. The maximum absolute atomic E-state index is 11.7. The molecule has 0 bridgehead atoms. The first kappa shape index (κ1) is 19.1. The molecule has 3 aliphatic rings. The molecule has 3 fully saturated rings. The standard InChI is InChI=1S/C21H29N5O2S/c27-29(28)12-5-17(15-29)14-24-8-10-25(11-9-24)18-3-4-20-19(13-18)21(23-16-22-20)26-6-1-2-7-26/h3-4,13,16-17H,1-2,5-12,14-15H2. The van der Waals surface area contributed by atoms with Crippen LogP contribution in [0.5, 0.6) is 0 Å². The Morgan fingerprint density at radius 1 is 0.966 bits per heavy atom. The summed E-state index contributed by atoms with van der Waals surface area (Å²) in [4.78, 5) is 16.3. The number of rotatable bonds is 4. The summed E-state index contributed by atoms with van der Waals surface area (Å²) in [5, 5.41) is 1.14. The second-order valence-electron chi connectivity index (χ2n) is 8.65. The molecule has 1 aromatic heterocycles. The van der Waals surface area contributed by atoms with Crippen LogP contribution in [0.4, 0.5) is 11.5 Å². The monoisotopic (exact) mass is 415 g/mol. The highest BCUT2D eigenvalue weighted by Gasteiger charge is 2.30. The van der Waals surface area contributed by atoms with Crippen molar-refractivity contribution in [3.05, 3.63) is 24.5 Å². The fraction of sp³-hybridized carbons (Fsp3) is 0.619. The Balaban J connectivity index is 1.27. The quantitative estimate of drug-likeness (QED) is 0.754. The van der Waals surface area contributed by atoms with Crippen LogP contribution in [0.3, 0.4) is 0 Å². The molecule has 0 spiro atoms. The van der Waals surface area contributed by atoms with E-state index in [1.807, 2.05) is 0 Å². The zero-order chi connectivity index (χ0) is 19.8. The molecule has 1 unspecified atom stereocenters. The van der Waals surface area contributed by atoms with Gasteiger partial charge in [0.1, 0.15) is 12.1 Å². The summed E-state index contributed by atoms with van der Waals surface area (Å²) >= 11 is 0. The van der Waals surface area contributed by atoms with Gasteiger partial charge in [-0.3, -0.25) is 4.90 Å². The molecule has 0 N–H and O–H groups in total. The Morgan fingerprint density at radius 3 is 2.48 bits per heavy atom. The average molecular weight is 416 g/mol. The van der Waals surface area contributed by atoms with Crippen LogP contribution in [-0.2, 0) is 9.84 Å². The Bertz CT molecular complexity index is 982. The Labute approximate surface area is 172 Å². The minimum absolute atomic E-state index is 0.312. The van der Waals surface area contributed by atoms with Gasteiger partial charge in [0.2, 0.25) is 0 Å². The van der Waals surface area contributed by atoms with Gasteiger partial charge in [0.25, 0.3) is 0 Å². The highest BCUT2D eigenvalue weighted by molar-refractivity contribution is 7.91. The summed E-state index contributed by atoms with van der Waals surface area (Å²) in [5.74, 6) is 2.12. The summed E-state index contributed by atoms with van der Waals surface area (Å²) < 4.78 is 23.4. The fourth-order valence-electron chi connectivity index (χ4n) is 4.98. The smallest absolute Gasteiger partial charge is 0.150 e. The van der Waals surface area contributed by atoms with Gasteiger partial charge in [0, 0.05) is 56.9 Å². The van der Waals surface area contributed by atoms with Crippen LogP contribution >= 0.6 is 0 Å². The first-order chi connectivity index (χ1) is 14.1. The van der Waals surface area contributed by atoms with Crippen LogP contribution in [-0.4, -0.2) is 80.6 Å². The van der Waals surface area contributed by atoms with E-state index >= 15 is 0 Å². The van der Waals surface area contributed by atoms with Gasteiger partial charge in [-0.15, -0.1) is 0 Å². The number of sulfone groups is 1. The summed E-state index contributed by atoms with van der Waals surface area (Å²) in [6.45, 7) is 6.97. The van der Waals surface area contributed by atoms with E-state index in [2.05, 4.69) is 42.9 Å². The van der Waals surface area contributed by atoms with Crippen molar-refractivity contribution in [1.29, 1.82) is 0 Å². The molecule has 1 aromatic carbocycles. The van der Waals surface area contributed by atoms with Gasteiger partial charge in [-0.1, -0.05) is 0 Å². The number of benzene rings is 1. The summed E-state index contributed by atoms with van der Waals surface area (Å²) in [6.07, 6.45) is 4.97. The summed E-state index contributed by atoms with van der Waals surface area (Å²) in [7, 11) is -2.78. The number of nitrogens with zero attached hydrogens (tertiary/aromatic N) is 5. The molecule has 3 saturated heterocycles. The van der Waals surface area contributed by atoms with Crippen LogP contribution in [0, 0.1) is 5.92 Å². The minimum atomic E-state index is -2.78. The average Bonchev–Trinajstić information content (AvgIpc) is 3.37. The van der Waals surface area contributed by atoms with E-state index in [0.717, 1.165) is 69.0 Å². The van der Waals surface area contributed by atoms with Crippen LogP contribution in [0.25, 0.3) is 10.9 Å². The molecule has 0 saturated carbocycles. The summed E-state index contributed by atoms with van der Waals surface area (Å²) in [6, 6.07) is 6.53. The van der Waals surface area contributed by atoms with Crippen LogP contribution in [0.2, 0.25) is 0 Å². The van der Waals surface area contributed by atoms with Gasteiger partial charge in [0.15, 0.2) is 9.84 Å². The van der Waals surface area contributed by atoms with Crippen molar-refractivity contribution < 1.29 is 8.42 Å². The van der Waals surface area contributed by atoms with E-state index in [0.29, 0.717) is 17.4 Å². The highest BCUT2D eigenvalue weighted by atomic mass is 32.2. The van der Waals surface area contributed by atoms with Crippen molar-refractivity contribution in [3.8, 4) is 0 Å². The number of anilines is 2. The predicted molar refractivity (Wildman–Crippen MR) is 116 cm³/mol. The second-order valence-corrected chi connectivity index (χ2v) is 10.9. The molecular weight excluding hydrogens is 386 g/mol. The van der Waals surface area contributed by atoms with Gasteiger partial charge in [-0.05, 0) is 43.4 Å². The maximum atomic E-state index is 11.7. The van der Waals surface area contributed by atoms with E-state index in [1.54, 1.807) is 6.33 Å². The Morgan fingerprint density at radius 2 is 1.76 bits per heavy atom. The topological polar surface area (TPSA) is 69.6 Å². The van der Waals surface area contributed by atoms with Crippen LogP contribution in [0.15, 0.2) is 24.5 Å². The molecular formula is C21H29N5O2S. The van der Waals surface area contributed by atoms with E-state index in [9.17, 15) is 8.42 Å². The molecule has 156 valence electrons. The number of hydrogen-bond acceptors (Lipinski definition) is 7. The number of fused-ring (bicyclic) bond motifs is 1. The summed E-state index contributed by atoms with van der Waals surface area (Å²) in [5.41, 5.74) is 2.24. The third-order valence-corrected chi connectivity index (χ3v) is 8.42.